The Bertz CT molecular complexity index is 2020. The lowest BCUT2D eigenvalue weighted by Gasteiger charge is -2.46. The lowest BCUT2D eigenvalue weighted by Crippen LogP contribution is -2.62. The zero-order chi connectivity index (χ0) is 47.8. The monoisotopic (exact) mass is 944 g/mol. The van der Waals surface area contributed by atoms with E-state index in [0.29, 0.717) is 26.4 Å². The van der Waals surface area contributed by atoms with Gasteiger partial charge in [0.2, 0.25) is 0 Å². The van der Waals surface area contributed by atoms with Crippen molar-refractivity contribution in [3.05, 3.63) is 154 Å². The van der Waals surface area contributed by atoms with Crippen LogP contribution in [0.5, 0.6) is 0 Å². The SMILES string of the molecule is CCCCCCCCCCCCCC[C@@H](OCc1ccccc1)[C@@H](OCc1ccccc1)[C@@H](CO[C@@H]1C(C)C2OC3(CCCCC3)O[C@@H]2[C@H](OCc2ccccc2)C1OCc1ccccc1)N=[N+]=[N-]. The molecule has 1 spiro atoms. The van der Waals surface area contributed by atoms with E-state index >= 15 is 0 Å². The molecular weight excluding hydrogens is 863 g/mol. The van der Waals surface area contributed by atoms with Crippen LogP contribution < -0.4 is 0 Å². The zero-order valence-electron chi connectivity index (χ0n) is 41.7. The number of ether oxygens (including phenoxy) is 7. The minimum atomic E-state index is -0.717. The summed E-state index contributed by atoms with van der Waals surface area (Å²) < 4.78 is 49.2. The van der Waals surface area contributed by atoms with Crippen molar-refractivity contribution < 1.29 is 33.2 Å². The van der Waals surface area contributed by atoms with Gasteiger partial charge in [-0.3, -0.25) is 0 Å². The second-order valence-electron chi connectivity index (χ2n) is 19.9. The van der Waals surface area contributed by atoms with Crippen LogP contribution in [0.3, 0.4) is 0 Å². The molecule has 2 saturated carbocycles. The maximum Gasteiger partial charge on any atom is 0.169 e. The molecule has 2 aliphatic carbocycles. The Hall–Kier alpha value is -4.09. The molecule has 10 nitrogen and oxygen atoms in total. The summed E-state index contributed by atoms with van der Waals surface area (Å²) in [6.45, 7) is 6.04. The first-order valence-corrected chi connectivity index (χ1v) is 26.7. The van der Waals surface area contributed by atoms with Crippen LogP contribution >= 0.6 is 0 Å². The third-order valence-electron chi connectivity index (χ3n) is 14.6. The normalized spacial score (nSPS) is 23.2. The van der Waals surface area contributed by atoms with E-state index in [2.05, 4.69) is 72.4 Å². The van der Waals surface area contributed by atoms with E-state index in [0.717, 1.165) is 67.2 Å². The number of hydrogen-bond acceptors (Lipinski definition) is 8. The average Bonchev–Trinajstić information content (AvgIpc) is 3.76. The van der Waals surface area contributed by atoms with E-state index in [4.69, 9.17) is 33.2 Å². The molecule has 1 heterocycles. The summed E-state index contributed by atoms with van der Waals surface area (Å²) in [6, 6.07) is 40.2. The molecule has 0 aromatic heterocycles. The van der Waals surface area contributed by atoms with Gasteiger partial charge in [-0.15, -0.1) is 0 Å². The van der Waals surface area contributed by atoms with Gasteiger partial charge < -0.3 is 33.2 Å². The molecule has 0 amide bonds. The largest absolute Gasteiger partial charge is 0.374 e. The van der Waals surface area contributed by atoms with Gasteiger partial charge in [0.1, 0.15) is 18.3 Å². The van der Waals surface area contributed by atoms with E-state index < -0.39 is 36.2 Å². The summed E-state index contributed by atoms with van der Waals surface area (Å²) in [6.07, 6.45) is 17.8. The van der Waals surface area contributed by atoms with Crippen LogP contribution in [-0.2, 0) is 59.6 Å². The van der Waals surface area contributed by atoms with Crippen LogP contribution in [0, 0.1) is 5.92 Å². The highest BCUT2D eigenvalue weighted by molar-refractivity contribution is 5.17. The van der Waals surface area contributed by atoms with E-state index in [1.54, 1.807) is 0 Å². The fourth-order valence-corrected chi connectivity index (χ4v) is 10.7. The molecule has 1 aliphatic heterocycles. The summed E-state index contributed by atoms with van der Waals surface area (Å²) in [5, 5.41) is 4.50. The maximum absolute atomic E-state index is 10.3. The van der Waals surface area contributed by atoms with Crippen molar-refractivity contribution in [2.24, 2.45) is 11.0 Å². The quantitative estimate of drug-likeness (QED) is 0.0214. The van der Waals surface area contributed by atoms with Crippen LogP contribution in [0.15, 0.2) is 126 Å². The van der Waals surface area contributed by atoms with Crippen molar-refractivity contribution in [3.63, 3.8) is 0 Å². The molecule has 4 aromatic rings. The molecule has 3 unspecified atom stereocenters. The Morgan fingerprint density at radius 1 is 0.551 bits per heavy atom. The molecule has 9 atom stereocenters. The lowest BCUT2D eigenvalue weighted by molar-refractivity contribution is -0.229. The van der Waals surface area contributed by atoms with Crippen LogP contribution in [0.2, 0.25) is 0 Å². The van der Waals surface area contributed by atoms with E-state index in [1.165, 1.54) is 70.6 Å². The minimum absolute atomic E-state index is 0.0855. The van der Waals surface area contributed by atoms with Crippen molar-refractivity contribution in [2.45, 2.75) is 210 Å². The highest BCUT2D eigenvalue weighted by Gasteiger charge is 2.60. The van der Waals surface area contributed by atoms with Crippen LogP contribution in [0.1, 0.15) is 152 Å². The number of nitrogens with zero attached hydrogens (tertiary/aromatic N) is 3. The van der Waals surface area contributed by atoms with Gasteiger partial charge in [0.15, 0.2) is 5.79 Å². The van der Waals surface area contributed by atoms with Crippen LogP contribution in [-0.4, -0.2) is 61.2 Å². The Labute approximate surface area is 413 Å². The van der Waals surface area contributed by atoms with Gasteiger partial charge in [0, 0.05) is 23.7 Å². The smallest absolute Gasteiger partial charge is 0.169 e. The third kappa shape index (κ3) is 16.5. The van der Waals surface area contributed by atoms with Crippen molar-refractivity contribution in [1.29, 1.82) is 0 Å². The molecule has 7 rings (SSSR count). The highest BCUT2D eigenvalue weighted by Crippen LogP contribution is 2.48. The van der Waals surface area contributed by atoms with Crippen molar-refractivity contribution in [3.8, 4) is 0 Å². The summed E-state index contributed by atoms with van der Waals surface area (Å²) in [4.78, 5) is 3.45. The summed E-state index contributed by atoms with van der Waals surface area (Å²) >= 11 is 0. The topological polar surface area (TPSA) is 113 Å². The number of azide groups is 1. The van der Waals surface area contributed by atoms with Gasteiger partial charge in [-0.25, -0.2) is 0 Å². The first kappa shape index (κ1) is 52.7. The van der Waals surface area contributed by atoms with Crippen molar-refractivity contribution in [2.75, 3.05) is 6.61 Å². The van der Waals surface area contributed by atoms with Gasteiger partial charge in [0.25, 0.3) is 0 Å². The molecule has 10 heteroatoms. The predicted octanol–water partition coefficient (Wildman–Crippen LogP) is 14.6. The van der Waals surface area contributed by atoms with Crippen LogP contribution in [0.25, 0.3) is 10.4 Å². The minimum Gasteiger partial charge on any atom is -0.374 e. The first-order chi connectivity index (χ1) is 34.1. The summed E-state index contributed by atoms with van der Waals surface area (Å²) in [5.41, 5.74) is 14.5. The summed E-state index contributed by atoms with van der Waals surface area (Å²) in [7, 11) is 0. The number of fused-ring (bicyclic) bond motifs is 1. The second-order valence-corrected chi connectivity index (χ2v) is 19.9. The molecule has 374 valence electrons. The predicted molar refractivity (Wildman–Crippen MR) is 273 cm³/mol. The fraction of sp³-hybridized carbons (Fsp3) is 0.593. The molecule has 69 heavy (non-hydrogen) atoms. The molecule has 0 bridgehead atoms. The lowest BCUT2D eigenvalue weighted by atomic mass is 9.79. The van der Waals surface area contributed by atoms with Gasteiger partial charge in [0.05, 0.1) is 63.5 Å². The molecule has 0 radical (unpaired) electrons. The Morgan fingerprint density at radius 2 is 1.01 bits per heavy atom. The van der Waals surface area contributed by atoms with Crippen LogP contribution in [0.4, 0.5) is 0 Å². The Kier molecular flexibility index (Phi) is 22.4. The average molecular weight is 944 g/mol. The molecule has 4 aromatic carbocycles. The molecule has 1 saturated heterocycles. The van der Waals surface area contributed by atoms with E-state index in [-0.39, 0.29) is 30.8 Å². The fourth-order valence-electron chi connectivity index (χ4n) is 10.7. The Morgan fingerprint density at radius 3 is 1.54 bits per heavy atom. The zero-order valence-corrected chi connectivity index (χ0v) is 41.7. The number of rotatable bonds is 31. The second kappa shape index (κ2) is 29.3. The number of benzene rings is 4. The van der Waals surface area contributed by atoms with Gasteiger partial charge in [-0.1, -0.05) is 224 Å². The first-order valence-electron chi connectivity index (χ1n) is 26.7. The Balaban J connectivity index is 1.13. The maximum atomic E-state index is 10.3. The molecule has 3 aliphatic rings. The highest BCUT2D eigenvalue weighted by atomic mass is 16.8. The molecule has 0 N–H and O–H groups in total. The van der Waals surface area contributed by atoms with E-state index in [1.807, 2.05) is 72.8 Å². The van der Waals surface area contributed by atoms with E-state index in [9.17, 15) is 5.53 Å². The number of hydrogen-bond donors (Lipinski definition) is 0. The summed E-state index contributed by atoms with van der Waals surface area (Å²) in [5.74, 6) is -0.800. The molecule has 3 fully saturated rings. The number of unbranched alkanes of at least 4 members (excludes halogenated alkanes) is 11. The third-order valence-corrected chi connectivity index (χ3v) is 14.6. The standard InChI is InChI=1S/C59H81N3O7/c1-3-4-5-6-7-8-9-10-11-12-13-27-38-52(63-41-47-30-19-14-20-31-47)55(64-42-48-32-21-15-22-33-48)51(61-62-60)45-67-53-46(2)54-58(69-59(68-54)39-28-18-29-40-59)57(66-44-50-36-25-17-26-37-50)56(53)65-43-49-34-23-16-24-35-49/h14-17,19-26,30-37,46,51-58H,3-13,18,27-29,38-45H2,1-2H3/t46?,51-,52-,53-,54?,55+,56?,57-,58+/m1/s1. The van der Waals surface area contributed by atoms with Gasteiger partial charge >= 0.3 is 0 Å². The van der Waals surface area contributed by atoms with Crippen molar-refractivity contribution >= 4 is 0 Å². The van der Waals surface area contributed by atoms with Gasteiger partial charge in [-0.2, -0.15) is 0 Å². The van der Waals surface area contributed by atoms with Gasteiger partial charge in [-0.05, 0) is 47.0 Å². The van der Waals surface area contributed by atoms with Crippen molar-refractivity contribution in [1.82, 2.24) is 0 Å². The molecular formula is C59H81N3O7.